The zero-order chi connectivity index (χ0) is 38.5. The minimum Gasteiger partial charge on any atom is -0.508 e. The first-order chi connectivity index (χ1) is 25.1. The van der Waals surface area contributed by atoms with Gasteiger partial charge in [-0.25, -0.2) is 0 Å². The molecule has 0 radical (unpaired) electrons. The summed E-state index contributed by atoms with van der Waals surface area (Å²) in [4.78, 5) is 14.0. The highest BCUT2D eigenvalue weighted by molar-refractivity contribution is 5.88. The normalized spacial score (nSPS) is 37.8. The first-order valence-electron chi connectivity index (χ1n) is 16.4. The molecule has 4 heterocycles. The van der Waals surface area contributed by atoms with Gasteiger partial charge in [0.25, 0.3) is 0 Å². The largest absolute Gasteiger partial charge is 0.508 e. The number of rotatable bonds is 9. The van der Waals surface area contributed by atoms with Crippen molar-refractivity contribution >= 4 is 11.0 Å². The lowest BCUT2D eigenvalue weighted by molar-refractivity contribution is -0.348. The van der Waals surface area contributed by atoms with Crippen molar-refractivity contribution in [3.63, 3.8) is 0 Å². The summed E-state index contributed by atoms with van der Waals surface area (Å²) in [5.74, 6) is -2.08. The third-order valence-corrected chi connectivity index (χ3v) is 9.29. The maximum atomic E-state index is 14.0. The predicted molar refractivity (Wildman–Crippen MR) is 171 cm³/mol. The van der Waals surface area contributed by atoms with Crippen molar-refractivity contribution in [3.05, 3.63) is 46.6 Å². The molecule has 3 fully saturated rings. The van der Waals surface area contributed by atoms with E-state index in [0.717, 1.165) is 12.1 Å². The van der Waals surface area contributed by atoms with Crippen LogP contribution in [0.2, 0.25) is 0 Å². The molecule has 20 heteroatoms. The summed E-state index contributed by atoms with van der Waals surface area (Å²) >= 11 is 0. The second-order valence-corrected chi connectivity index (χ2v) is 12.9. The number of ether oxygens (including phenoxy) is 6. The van der Waals surface area contributed by atoms with Gasteiger partial charge in [-0.1, -0.05) is 0 Å². The van der Waals surface area contributed by atoms with Gasteiger partial charge in [0.05, 0.1) is 19.3 Å². The minimum absolute atomic E-state index is 0.138. The maximum absolute atomic E-state index is 14.0. The lowest BCUT2D eigenvalue weighted by atomic mass is 9.97. The Morgan fingerprint density at radius 2 is 1.21 bits per heavy atom. The van der Waals surface area contributed by atoms with Crippen LogP contribution in [0.4, 0.5) is 0 Å². The van der Waals surface area contributed by atoms with Crippen LogP contribution in [0, 0.1) is 0 Å². The Bertz CT molecular complexity index is 1780. The molecule has 3 aliphatic heterocycles. The molecule has 0 unspecified atom stereocenters. The Labute approximate surface area is 298 Å². The molecule has 0 spiro atoms. The molecule has 3 aromatic rings. The number of aliphatic hydroxyl groups excluding tert-OH is 10. The summed E-state index contributed by atoms with van der Waals surface area (Å²) in [6, 6.07) is 7.30. The number of hydrogen-bond donors (Lipinski definition) is 12. The Hall–Kier alpha value is -3.71. The van der Waals surface area contributed by atoms with Crippen LogP contribution in [-0.4, -0.2) is 167 Å². The molecule has 0 saturated carbocycles. The van der Waals surface area contributed by atoms with Crippen LogP contribution < -0.4 is 14.9 Å². The van der Waals surface area contributed by atoms with E-state index in [1.165, 1.54) is 31.2 Å². The molecule has 15 atom stereocenters. The van der Waals surface area contributed by atoms with Crippen LogP contribution >= 0.6 is 0 Å². The molecule has 1 aromatic heterocycles. The van der Waals surface area contributed by atoms with Gasteiger partial charge in [0.1, 0.15) is 95.4 Å². The molecule has 292 valence electrons. The van der Waals surface area contributed by atoms with E-state index in [9.17, 15) is 66.1 Å². The molecule has 12 N–H and O–H groups in total. The van der Waals surface area contributed by atoms with E-state index in [4.69, 9.17) is 32.8 Å². The number of benzene rings is 2. The fraction of sp³-hybridized carbons (Fsp3) is 0.545. The minimum atomic E-state index is -1.97. The molecule has 0 amide bonds. The highest BCUT2D eigenvalue weighted by atomic mass is 16.7. The van der Waals surface area contributed by atoms with Crippen LogP contribution in [0.1, 0.15) is 6.92 Å². The summed E-state index contributed by atoms with van der Waals surface area (Å²) in [5.41, 5.74) is -1.18. The van der Waals surface area contributed by atoms with E-state index in [1.807, 2.05) is 0 Å². The zero-order valence-corrected chi connectivity index (χ0v) is 27.7. The Kier molecular flexibility index (Phi) is 11.5. The third kappa shape index (κ3) is 7.39. The maximum Gasteiger partial charge on any atom is 0.239 e. The van der Waals surface area contributed by atoms with Crippen LogP contribution in [-0.2, 0) is 18.9 Å². The molecule has 3 aliphatic rings. The molecule has 0 aliphatic carbocycles. The highest BCUT2D eigenvalue weighted by Crippen LogP contribution is 2.39. The fourth-order valence-corrected chi connectivity index (χ4v) is 6.28. The van der Waals surface area contributed by atoms with E-state index in [0.29, 0.717) is 0 Å². The van der Waals surface area contributed by atoms with Gasteiger partial charge in [-0.3, -0.25) is 4.79 Å². The molecule has 53 heavy (non-hydrogen) atoms. The predicted octanol–water partition coefficient (Wildman–Crippen LogP) is -3.92. The molecular weight excluding hydrogens is 716 g/mol. The quantitative estimate of drug-likeness (QED) is 0.0992. The Balaban J connectivity index is 1.31. The smallest absolute Gasteiger partial charge is 0.239 e. The Morgan fingerprint density at radius 3 is 1.81 bits per heavy atom. The number of aromatic hydroxyl groups is 2. The molecule has 20 nitrogen and oxygen atoms in total. The lowest BCUT2D eigenvalue weighted by Crippen LogP contribution is -2.64. The second kappa shape index (κ2) is 15.6. The van der Waals surface area contributed by atoms with Crippen LogP contribution in [0.5, 0.6) is 23.0 Å². The monoisotopic (exact) mass is 756 g/mol. The van der Waals surface area contributed by atoms with Gasteiger partial charge in [-0.15, -0.1) is 0 Å². The summed E-state index contributed by atoms with van der Waals surface area (Å²) in [7, 11) is 0. The summed E-state index contributed by atoms with van der Waals surface area (Å²) < 4.78 is 39.5. The lowest BCUT2D eigenvalue weighted by Gasteiger charge is -2.45. The number of hydrogen-bond acceptors (Lipinski definition) is 20. The van der Waals surface area contributed by atoms with Crippen LogP contribution in [0.15, 0.2) is 45.6 Å². The summed E-state index contributed by atoms with van der Waals surface area (Å²) in [5, 5.41) is 123. The van der Waals surface area contributed by atoms with Crippen molar-refractivity contribution in [2.45, 2.75) is 99.0 Å². The van der Waals surface area contributed by atoms with Gasteiger partial charge in [-0.2, -0.15) is 0 Å². The van der Waals surface area contributed by atoms with E-state index in [1.54, 1.807) is 0 Å². The molecule has 2 aromatic carbocycles. The Morgan fingerprint density at radius 1 is 0.660 bits per heavy atom. The van der Waals surface area contributed by atoms with Crippen molar-refractivity contribution in [1.29, 1.82) is 0 Å². The molecule has 0 bridgehead atoms. The summed E-state index contributed by atoms with van der Waals surface area (Å²) in [6.45, 7) is -0.0995. The van der Waals surface area contributed by atoms with E-state index in [-0.39, 0.29) is 28.4 Å². The number of phenolic OH excluding ortho intramolecular Hbond substituents is 2. The average Bonchev–Trinajstić information content (AvgIpc) is 3.13. The third-order valence-electron chi connectivity index (χ3n) is 9.29. The van der Waals surface area contributed by atoms with Crippen molar-refractivity contribution in [2.75, 3.05) is 13.2 Å². The van der Waals surface area contributed by atoms with Gasteiger partial charge in [0.2, 0.25) is 23.8 Å². The van der Waals surface area contributed by atoms with Crippen molar-refractivity contribution in [2.24, 2.45) is 0 Å². The van der Waals surface area contributed by atoms with Crippen molar-refractivity contribution in [3.8, 4) is 34.3 Å². The van der Waals surface area contributed by atoms with Gasteiger partial charge >= 0.3 is 0 Å². The number of fused-ring (bicyclic) bond motifs is 1. The first kappa shape index (κ1) is 39.0. The van der Waals surface area contributed by atoms with Gasteiger partial charge in [-0.05, 0) is 31.2 Å². The SMILES string of the molecule is C[C@@H]1O[C@@H](Oc2c(-c3ccc(O)cc3)oc3cc(O[C@@H]4O[C@H](CO)[C@@H](O)[C@H](O)[C@H]4O)cc(O)c3c2=O)[C@H](O)[C@H](O)[C@H]1O[C@@H]1O[C@H](CO)[C@@H](O)[C@H](O)[C@H]1O. The number of phenols is 2. The van der Waals surface area contributed by atoms with E-state index >= 15 is 0 Å². The molecule has 3 saturated heterocycles. The summed E-state index contributed by atoms with van der Waals surface area (Å²) in [6.07, 6.45) is -24.8. The van der Waals surface area contributed by atoms with Crippen LogP contribution in [0.3, 0.4) is 0 Å². The van der Waals surface area contributed by atoms with Gasteiger partial charge in [0, 0.05) is 17.7 Å². The van der Waals surface area contributed by atoms with E-state index in [2.05, 4.69) is 0 Å². The zero-order valence-electron chi connectivity index (χ0n) is 27.7. The van der Waals surface area contributed by atoms with Crippen LogP contribution in [0.25, 0.3) is 22.3 Å². The average molecular weight is 757 g/mol. The fourth-order valence-electron chi connectivity index (χ4n) is 6.28. The highest BCUT2D eigenvalue weighted by Gasteiger charge is 2.51. The van der Waals surface area contributed by atoms with Gasteiger partial charge < -0.3 is 94.1 Å². The van der Waals surface area contributed by atoms with Gasteiger partial charge in [0.15, 0.2) is 12.1 Å². The topological polar surface area (TPSA) is 328 Å². The molecular formula is C33H40O20. The second-order valence-electron chi connectivity index (χ2n) is 12.9. The van der Waals surface area contributed by atoms with Crippen molar-refractivity contribution in [1.82, 2.24) is 0 Å². The number of aliphatic hydroxyl groups is 10. The first-order valence-corrected chi connectivity index (χ1v) is 16.4. The standard InChI is InChI=1S/C33H40O20/c1-10-28(52-33-26(45)23(42)20(39)17(9-35)51-33)24(43)27(46)31(47-10)53-30-21(40)18-14(37)6-13(48-32-25(44)22(41)19(38)16(8-34)50-32)7-15(18)49-29(30)11-2-4-12(36)5-3-11/h2-7,10,16-17,19-20,22-28,31-39,41-46H,8-9H2,1H3/t10-,16+,17+,19+,20+,22-,23-,24-,25+,26+,27+,28-,31-,32+,33-/m0/s1. The van der Waals surface area contributed by atoms with E-state index < -0.39 is 128 Å². The molecule has 6 rings (SSSR count). The van der Waals surface area contributed by atoms with Crippen molar-refractivity contribution < 1.29 is 94.1 Å².